The molecule has 1 aliphatic carbocycles. The summed E-state index contributed by atoms with van der Waals surface area (Å²) in [5.41, 5.74) is 0. The van der Waals surface area contributed by atoms with Crippen molar-refractivity contribution in [3.63, 3.8) is 0 Å². The Morgan fingerprint density at radius 1 is 1.23 bits per heavy atom. The molecule has 1 fully saturated rings. The molecule has 5 heteroatoms. The maximum Gasteiger partial charge on any atom is 0.119 e. The highest BCUT2D eigenvalue weighted by molar-refractivity contribution is 6.30. The van der Waals surface area contributed by atoms with Crippen LogP contribution in [0, 0.1) is 0 Å². The van der Waals surface area contributed by atoms with Gasteiger partial charge in [-0.15, -0.1) is 12.4 Å². The summed E-state index contributed by atoms with van der Waals surface area (Å²) in [7, 11) is 0. The van der Waals surface area contributed by atoms with Crippen LogP contribution < -0.4 is 4.74 Å². The van der Waals surface area contributed by atoms with Gasteiger partial charge >= 0.3 is 0 Å². The van der Waals surface area contributed by atoms with Gasteiger partial charge in [-0.25, -0.2) is 0 Å². The number of halogens is 2. The molecule has 0 radical (unpaired) electrons. The molecular weight excluding hydrogens is 321 g/mol. The second kappa shape index (κ2) is 10.3. The highest BCUT2D eigenvalue weighted by Gasteiger charge is 2.22. The number of hydrogen-bond acceptors (Lipinski definition) is 3. The Hall–Kier alpha value is -0.480. The maximum absolute atomic E-state index is 10.2. The van der Waals surface area contributed by atoms with Gasteiger partial charge in [0.15, 0.2) is 0 Å². The Kier molecular flexibility index (Phi) is 9.18. The Morgan fingerprint density at radius 3 is 2.45 bits per heavy atom. The number of hydrogen-bond donors (Lipinski definition) is 1. The van der Waals surface area contributed by atoms with Crippen molar-refractivity contribution < 1.29 is 9.84 Å². The van der Waals surface area contributed by atoms with Crippen LogP contribution in [0.1, 0.15) is 39.0 Å². The van der Waals surface area contributed by atoms with E-state index in [9.17, 15) is 5.11 Å². The molecule has 0 aromatic heterocycles. The largest absolute Gasteiger partial charge is 0.491 e. The van der Waals surface area contributed by atoms with Crippen LogP contribution in [-0.2, 0) is 0 Å². The van der Waals surface area contributed by atoms with Crippen LogP contribution in [0.5, 0.6) is 5.75 Å². The quantitative estimate of drug-likeness (QED) is 0.803. The van der Waals surface area contributed by atoms with Gasteiger partial charge in [-0.1, -0.05) is 37.8 Å². The SMILES string of the molecule is CCN(CC(O)COc1ccc(Cl)cc1)C1CCCCC1.Cl. The van der Waals surface area contributed by atoms with Crippen LogP contribution in [0.2, 0.25) is 5.02 Å². The number of aliphatic hydroxyl groups excluding tert-OH is 1. The average molecular weight is 348 g/mol. The number of ether oxygens (including phenoxy) is 1. The first-order valence-electron chi connectivity index (χ1n) is 7.99. The van der Waals surface area contributed by atoms with E-state index >= 15 is 0 Å². The van der Waals surface area contributed by atoms with Crippen molar-refractivity contribution in [1.29, 1.82) is 0 Å². The molecule has 1 N–H and O–H groups in total. The van der Waals surface area contributed by atoms with Crippen LogP contribution >= 0.6 is 24.0 Å². The fraction of sp³-hybridized carbons (Fsp3) is 0.647. The van der Waals surface area contributed by atoms with Gasteiger partial charge in [0.2, 0.25) is 0 Å². The molecule has 3 nitrogen and oxygen atoms in total. The highest BCUT2D eigenvalue weighted by atomic mass is 35.5. The first-order chi connectivity index (χ1) is 10.2. The van der Waals surface area contributed by atoms with E-state index in [4.69, 9.17) is 16.3 Å². The smallest absolute Gasteiger partial charge is 0.119 e. The number of aliphatic hydroxyl groups is 1. The Bertz CT molecular complexity index is 408. The van der Waals surface area contributed by atoms with Crippen molar-refractivity contribution in [2.45, 2.75) is 51.2 Å². The average Bonchev–Trinajstić information content (AvgIpc) is 2.53. The van der Waals surface area contributed by atoms with Gasteiger partial charge in [0.1, 0.15) is 18.5 Å². The molecule has 1 saturated carbocycles. The molecule has 0 amide bonds. The molecule has 0 aliphatic heterocycles. The predicted octanol–water partition coefficient (Wildman–Crippen LogP) is 4.16. The van der Waals surface area contributed by atoms with E-state index in [-0.39, 0.29) is 12.4 Å². The summed E-state index contributed by atoms with van der Waals surface area (Å²) in [5.74, 6) is 0.749. The van der Waals surface area contributed by atoms with E-state index in [0.29, 0.717) is 24.2 Å². The number of nitrogens with zero attached hydrogens (tertiary/aromatic N) is 1. The summed E-state index contributed by atoms with van der Waals surface area (Å²) < 4.78 is 5.62. The molecule has 1 aromatic rings. The molecule has 2 rings (SSSR count). The molecule has 1 atom stereocenters. The standard InChI is InChI=1S/C17H26ClNO2.ClH/c1-2-19(15-6-4-3-5-7-15)12-16(20)13-21-17-10-8-14(18)9-11-17;/h8-11,15-16,20H,2-7,12-13H2,1H3;1H. The zero-order chi connectivity index (χ0) is 15.1. The lowest BCUT2D eigenvalue weighted by Crippen LogP contribution is -2.43. The number of likely N-dealkylation sites (N-methyl/N-ethyl adjacent to an activating group) is 1. The van der Waals surface area contributed by atoms with E-state index in [0.717, 1.165) is 12.3 Å². The first kappa shape index (κ1) is 19.6. The zero-order valence-electron chi connectivity index (χ0n) is 13.2. The molecule has 1 aromatic carbocycles. The highest BCUT2D eigenvalue weighted by Crippen LogP contribution is 2.22. The van der Waals surface area contributed by atoms with E-state index < -0.39 is 6.10 Å². The normalized spacial score (nSPS) is 17.1. The minimum atomic E-state index is -0.456. The Labute approximate surface area is 145 Å². The van der Waals surface area contributed by atoms with E-state index in [1.165, 1.54) is 32.1 Å². The van der Waals surface area contributed by atoms with Crippen LogP contribution in [0.4, 0.5) is 0 Å². The Morgan fingerprint density at radius 2 is 1.86 bits per heavy atom. The molecular formula is C17H27Cl2NO2. The molecule has 126 valence electrons. The molecule has 0 bridgehead atoms. The summed E-state index contributed by atoms with van der Waals surface area (Å²) in [6, 6.07) is 7.88. The van der Waals surface area contributed by atoms with Crippen molar-refractivity contribution in [2.75, 3.05) is 19.7 Å². The third-order valence-electron chi connectivity index (χ3n) is 4.20. The van der Waals surface area contributed by atoms with Crippen LogP contribution in [-0.4, -0.2) is 41.8 Å². The van der Waals surface area contributed by atoms with Crippen LogP contribution in [0.3, 0.4) is 0 Å². The molecule has 1 unspecified atom stereocenters. The summed E-state index contributed by atoms with van der Waals surface area (Å²) in [4.78, 5) is 2.40. The van der Waals surface area contributed by atoms with Crippen molar-refractivity contribution in [2.24, 2.45) is 0 Å². The third-order valence-corrected chi connectivity index (χ3v) is 4.45. The predicted molar refractivity (Wildman–Crippen MR) is 94.3 cm³/mol. The number of rotatable bonds is 7. The minimum Gasteiger partial charge on any atom is -0.491 e. The topological polar surface area (TPSA) is 32.7 Å². The third kappa shape index (κ3) is 6.33. The van der Waals surface area contributed by atoms with Crippen LogP contribution in [0.25, 0.3) is 0 Å². The van der Waals surface area contributed by atoms with Crippen molar-refractivity contribution in [3.8, 4) is 5.75 Å². The van der Waals surface area contributed by atoms with Gasteiger partial charge in [-0.05, 0) is 43.7 Å². The number of benzene rings is 1. The maximum atomic E-state index is 10.2. The van der Waals surface area contributed by atoms with Gasteiger partial charge in [-0.3, -0.25) is 4.90 Å². The monoisotopic (exact) mass is 347 g/mol. The van der Waals surface area contributed by atoms with Crippen molar-refractivity contribution >= 4 is 24.0 Å². The minimum absolute atomic E-state index is 0. The van der Waals surface area contributed by atoms with E-state index in [1.54, 1.807) is 12.1 Å². The summed E-state index contributed by atoms with van der Waals surface area (Å²) >= 11 is 5.84. The molecule has 0 spiro atoms. The Balaban J connectivity index is 0.00000242. The second-order valence-corrected chi connectivity index (χ2v) is 6.23. The first-order valence-corrected chi connectivity index (χ1v) is 8.37. The second-order valence-electron chi connectivity index (χ2n) is 5.80. The summed E-state index contributed by atoms with van der Waals surface area (Å²) in [6.45, 7) is 4.17. The van der Waals surface area contributed by atoms with E-state index in [2.05, 4.69) is 11.8 Å². The lowest BCUT2D eigenvalue weighted by molar-refractivity contribution is 0.0463. The van der Waals surface area contributed by atoms with Gasteiger partial charge in [-0.2, -0.15) is 0 Å². The lowest BCUT2D eigenvalue weighted by Gasteiger charge is -2.34. The van der Waals surface area contributed by atoms with E-state index in [1.807, 2.05) is 12.1 Å². The van der Waals surface area contributed by atoms with Gasteiger partial charge in [0.05, 0.1) is 0 Å². The lowest BCUT2D eigenvalue weighted by atomic mass is 9.94. The zero-order valence-corrected chi connectivity index (χ0v) is 14.8. The van der Waals surface area contributed by atoms with Crippen molar-refractivity contribution in [3.05, 3.63) is 29.3 Å². The molecule has 0 heterocycles. The van der Waals surface area contributed by atoms with Gasteiger partial charge in [0, 0.05) is 17.6 Å². The summed E-state index contributed by atoms with van der Waals surface area (Å²) in [5, 5.41) is 10.9. The molecule has 22 heavy (non-hydrogen) atoms. The summed E-state index contributed by atoms with van der Waals surface area (Å²) in [6.07, 6.45) is 6.06. The fourth-order valence-electron chi connectivity index (χ4n) is 3.03. The molecule has 1 aliphatic rings. The fourth-order valence-corrected chi connectivity index (χ4v) is 3.16. The van der Waals surface area contributed by atoms with Crippen LogP contribution in [0.15, 0.2) is 24.3 Å². The molecule has 0 saturated heterocycles. The van der Waals surface area contributed by atoms with Gasteiger partial charge in [0.25, 0.3) is 0 Å². The van der Waals surface area contributed by atoms with Crippen molar-refractivity contribution in [1.82, 2.24) is 4.90 Å². The van der Waals surface area contributed by atoms with Gasteiger partial charge < -0.3 is 9.84 Å².